The summed E-state index contributed by atoms with van der Waals surface area (Å²) < 4.78 is 0. The van der Waals surface area contributed by atoms with Crippen molar-refractivity contribution in [1.29, 1.82) is 0 Å². The van der Waals surface area contributed by atoms with Crippen LogP contribution >= 0.6 is 11.3 Å². The third-order valence-corrected chi connectivity index (χ3v) is 5.11. The smallest absolute Gasteiger partial charge is 0.347 e. The highest BCUT2D eigenvalue weighted by atomic mass is 32.1. The summed E-state index contributed by atoms with van der Waals surface area (Å²) in [7, 11) is 0. The van der Waals surface area contributed by atoms with Gasteiger partial charge >= 0.3 is 5.97 Å². The third kappa shape index (κ3) is 2.91. The first-order valence-corrected chi connectivity index (χ1v) is 7.70. The number of piperidine rings is 1. The summed E-state index contributed by atoms with van der Waals surface area (Å²) in [6.07, 6.45) is 1.15. The Labute approximate surface area is 118 Å². The fraction of sp³-hybridized carbons (Fsp3) is 0.714. The van der Waals surface area contributed by atoms with Crippen molar-refractivity contribution in [1.82, 2.24) is 4.98 Å². The Balaban J connectivity index is 2.26. The summed E-state index contributed by atoms with van der Waals surface area (Å²) in [6, 6.07) is 0. The fourth-order valence-corrected chi connectivity index (χ4v) is 3.53. The van der Waals surface area contributed by atoms with Gasteiger partial charge in [0.05, 0.1) is 5.69 Å². The number of carboxylic acids is 1. The van der Waals surface area contributed by atoms with E-state index >= 15 is 0 Å². The van der Waals surface area contributed by atoms with Gasteiger partial charge in [-0.2, -0.15) is 0 Å². The van der Waals surface area contributed by atoms with Crippen molar-refractivity contribution in [3.8, 4) is 0 Å². The molecule has 0 saturated carbocycles. The van der Waals surface area contributed by atoms with Gasteiger partial charge in [-0.15, -0.1) is 0 Å². The van der Waals surface area contributed by atoms with E-state index in [1.807, 2.05) is 13.8 Å². The molecule has 2 atom stereocenters. The molecule has 0 amide bonds. The van der Waals surface area contributed by atoms with Crippen LogP contribution in [0.15, 0.2) is 0 Å². The quantitative estimate of drug-likeness (QED) is 0.922. The predicted octanol–water partition coefficient (Wildman–Crippen LogP) is 3.45. The van der Waals surface area contributed by atoms with Gasteiger partial charge in [-0.1, -0.05) is 39.0 Å². The number of aromatic nitrogens is 1. The molecule has 0 spiro atoms. The molecule has 19 heavy (non-hydrogen) atoms. The normalized spacial score (nSPS) is 23.9. The van der Waals surface area contributed by atoms with Gasteiger partial charge in [0.2, 0.25) is 0 Å². The van der Waals surface area contributed by atoms with Gasteiger partial charge in [0, 0.05) is 13.1 Å². The third-order valence-electron chi connectivity index (χ3n) is 3.99. The Morgan fingerprint density at radius 1 is 1.42 bits per heavy atom. The van der Waals surface area contributed by atoms with E-state index < -0.39 is 5.97 Å². The average molecular weight is 282 g/mol. The molecule has 1 aromatic rings. The Bertz CT molecular complexity index is 470. The molecule has 0 aromatic carbocycles. The first-order chi connectivity index (χ1) is 8.90. The van der Waals surface area contributed by atoms with Crippen LogP contribution in [0, 0.1) is 11.8 Å². The Hall–Kier alpha value is -1.10. The number of hydrogen-bond donors (Lipinski definition) is 1. The molecule has 1 aliphatic rings. The van der Waals surface area contributed by atoms with Crippen LogP contribution in [0.25, 0.3) is 0 Å². The number of anilines is 1. The average Bonchev–Trinajstić information content (AvgIpc) is 2.78. The Morgan fingerprint density at radius 2 is 2.11 bits per heavy atom. The van der Waals surface area contributed by atoms with E-state index in [1.54, 1.807) is 0 Å². The van der Waals surface area contributed by atoms with E-state index in [0.717, 1.165) is 36.3 Å². The summed E-state index contributed by atoms with van der Waals surface area (Å²) in [6.45, 7) is 10.5. The van der Waals surface area contributed by atoms with Crippen molar-refractivity contribution in [2.45, 2.75) is 40.0 Å². The highest BCUT2D eigenvalue weighted by Crippen LogP contribution is 2.34. The van der Waals surface area contributed by atoms with Crippen LogP contribution in [0.1, 0.15) is 55.4 Å². The van der Waals surface area contributed by atoms with Gasteiger partial charge in [-0.05, 0) is 24.2 Å². The summed E-state index contributed by atoms with van der Waals surface area (Å²) in [4.78, 5) is 18.5. The molecule has 2 unspecified atom stereocenters. The lowest BCUT2D eigenvalue weighted by Gasteiger charge is -2.35. The highest BCUT2D eigenvalue weighted by molar-refractivity contribution is 7.17. The molecule has 1 aliphatic heterocycles. The number of nitrogens with zero attached hydrogens (tertiary/aromatic N) is 2. The van der Waals surface area contributed by atoms with Gasteiger partial charge < -0.3 is 10.0 Å². The summed E-state index contributed by atoms with van der Waals surface area (Å²) in [5.41, 5.74) is 0.721. The lowest BCUT2D eigenvalue weighted by Crippen LogP contribution is -2.38. The van der Waals surface area contributed by atoms with Crippen molar-refractivity contribution in [3.63, 3.8) is 0 Å². The number of aromatic carboxylic acids is 1. The highest BCUT2D eigenvalue weighted by Gasteiger charge is 2.27. The van der Waals surface area contributed by atoms with Crippen LogP contribution in [0.2, 0.25) is 0 Å². The zero-order valence-corrected chi connectivity index (χ0v) is 12.8. The van der Waals surface area contributed by atoms with Gasteiger partial charge in [-0.3, -0.25) is 0 Å². The topological polar surface area (TPSA) is 53.4 Å². The SMILES string of the molecule is CC(C)c1nc(N2CCC(C)C(C)C2)sc1C(=O)O. The van der Waals surface area contributed by atoms with Gasteiger partial charge in [0.15, 0.2) is 5.13 Å². The van der Waals surface area contributed by atoms with E-state index in [1.165, 1.54) is 11.3 Å². The molecular weight excluding hydrogens is 260 g/mol. The molecule has 106 valence electrons. The number of thiazole rings is 1. The summed E-state index contributed by atoms with van der Waals surface area (Å²) in [5.74, 6) is 0.663. The number of rotatable bonds is 3. The molecule has 1 aromatic heterocycles. The molecule has 0 bridgehead atoms. The second kappa shape index (κ2) is 5.49. The molecule has 5 heteroatoms. The second-order valence-corrected chi connectivity index (χ2v) is 6.84. The fourth-order valence-electron chi connectivity index (χ4n) is 2.44. The lowest BCUT2D eigenvalue weighted by atomic mass is 9.89. The van der Waals surface area contributed by atoms with E-state index in [2.05, 4.69) is 23.7 Å². The molecule has 2 heterocycles. The van der Waals surface area contributed by atoms with Crippen molar-refractivity contribution in [2.24, 2.45) is 11.8 Å². The molecule has 0 radical (unpaired) electrons. The monoisotopic (exact) mass is 282 g/mol. The largest absolute Gasteiger partial charge is 0.477 e. The van der Waals surface area contributed by atoms with Crippen LogP contribution in [-0.4, -0.2) is 29.1 Å². The molecule has 0 aliphatic carbocycles. The minimum atomic E-state index is -0.856. The maximum Gasteiger partial charge on any atom is 0.347 e. The predicted molar refractivity (Wildman–Crippen MR) is 78.3 cm³/mol. The van der Waals surface area contributed by atoms with E-state index in [0.29, 0.717) is 10.8 Å². The van der Waals surface area contributed by atoms with E-state index in [9.17, 15) is 9.90 Å². The Morgan fingerprint density at radius 3 is 2.58 bits per heavy atom. The number of hydrogen-bond acceptors (Lipinski definition) is 4. The maximum atomic E-state index is 11.3. The minimum absolute atomic E-state index is 0.150. The second-order valence-electron chi connectivity index (χ2n) is 5.86. The van der Waals surface area contributed by atoms with Gasteiger partial charge in [0.1, 0.15) is 4.88 Å². The van der Waals surface area contributed by atoms with Crippen LogP contribution in [0.3, 0.4) is 0 Å². The molecular formula is C14H22N2O2S. The minimum Gasteiger partial charge on any atom is -0.477 e. The standard InChI is InChI=1S/C14H22N2O2S/c1-8(2)11-12(13(17)18)19-14(15-11)16-6-5-9(3)10(4)7-16/h8-10H,5-7H2,1-4H3,(H,17,18). The maximum absolute atomic E-state index is 11.3. The van der Waals surface area contributed by atoms with Crippen molar-refractivity contribution in [2.75, 3.05) is 18.0 Å². The first-order valence-electron chi connectivity index (χ1n) is 6.89. The van der Waals surface area contributed by atoms with Crippen LogP contribution < -0.4 is 4.90 Å². The zero-order valence-electron chi connectivity index (χ0n) is 12.0. The zero-order chi connectivity index (χ0) is 14.2. The van der Waals surface area contributed by atoms with Crippen molar-refractivity contribution < 1.29 is 9.90 Å². The summed E-state index contributed by atoms with van der Waals surface area (Å²) in [5, 5.41) is 10.1. The molecule has 1 N–H and O–H groups in total. The molecule has 4 nitrogen and oxygen atoms in total. The van der Waals surface area contributed by atoms with Crippen molar-refractivity contribution in [3.05, 3.63) is 10.6 Å². The van der Waals surface area contributed by atoms with Crippen LogP contribution in [0.4, 0.5) is 5.13 Å². The molecule has 1 fully saturated rings. The van der Waals surface area contributed by atoms with E-state index in [-0.39, 0.29) is 5.92 Å². The van der Waals surface area contributed by atoms with Crippen LogP contribution in [-0.2, 0) is 0 Å². The van der Waals surface area contributed by atoms with Gasteiger partial charge in [0.25, 0.3) is 0 Å². The number of carbonyl (C=O) groups is 1. The number of carboxylic acid groups (broad SMARTS) is 1. The van der Waals surface area contributed by atoms with Gasteiger partial charge in [-0.25, -0.2) is 9.78 Å². The van der Waals surface area contributed by atoms with E-state index in [4.69, 9.17) is 0 Å². The molecule has 1 saturated heterocycles. The molecule has 2 rings (SSSR count). The van der Waals surface area contributed by atoms with Crippen molar-refractivity contribution >= 4 is 22.4 Å². The summed E-state index contributed by atoms with van der Waals surface area (Å²) >= 11 is 1.32. The van der Waals surface area contributed by atoms with Crippen LogP contribution in [0.5, 0.6) is 0 Å². The first kappa shape index (κ1) is 14.3. The lowest BCUT2D eigenvalue weighted by molar-refractivity contribution is 0.0700. The Kier molecular flexibility index (Phi) is 4.13.